The highest BCUT2D eigenvalue weighted by Gasteiger charge is 2.50. The van der Waals surface area contributed by atoms with Crippen LogP contribution in [0.5, 0.6) is 0 Å². The molecule has 0 aliphatic carbocycles. The molecule has 3 aromatic rings. The molecule has 4 atom stereocenters. The second-order valence-electron chi connectivity index (χ2n) is 7.92. The molecule has 8 nitrogen and oxygen atoms in total. The third-order valence-electron chi connectivity index (χ3n) is 5.39. The summed E-state index contributed by atoms with van der Waals surface area (Å²) in [7, 11) is 0. The Bertz CT molecular complexity index is 1260. The second kappa shape index (κ2) is 11.9. The van der Waals surface area contributed by atoms with Gasteiger partial charge in [0.2, 0.25) is 0 Å². The molecule has 1 N–H and O–H groups in total. The molecule has 4 rings (SSSR count). The van der Waals surface area contributed by atoms with E-state index in [1.165, 1.54) is 72.8 Å². The Kier molecular flexibility index (Phi) is 8.68. The first-order valence-electron chi connectivity index (χ1n) is 10.9. The van der Waals surface area contributed by atoms with Gasteiger partial charge in [0.05, 0.1) is 16.7 Å². The molecule has 1 saturated heterocycles. The molecule has 0 radical (unpaired) electrons. The van der Waals surface area contributed by atoms with Crippen LogP contribution in [-0.2, 0) is 18.9 Å². The Morgan fingerprint density at radius 2 is 1.03 bits per heavy atom. The number of hydrogen-bond acceptors (Lipinski definition) is 8. The number of rotatable bonds is 7. The molecular formula is C26H19Cl3O8. The Labute approximate surface area is 226 Å². The fourth-order valence-corrected chi connectivity index (χ4v) is 3.87. The van der Waals surface area contributed by atoms with Crippen molar-refractivity contribution in [3.63, 3.8) is 0 Å². The van der Waals surface area contributed by atoms with E-state index in [1.807, 2.05) is 0 Å². The molecule has 1 aliphatic rings. The molecule has 11 heteroatoms. The number of benzene rings is 3. The monoisotopic (exact) mass is 564 g/mol. The third-order valence-corrected chi connectivity index (χ3v) is 6.15. The van der Waals surface area contributed by atoms with Gasteiger partial charge < -0.3 is 24.1 Å². The zero-order chi connectivity index (χ0) is 26.5. The third kappa shape index (κ3) is 6.80. The summed E-state index contributed by atoms with van der Waals surface area (Å²) in [6.45, 7) is -0.411. The van der Waals surface area contributed by atoms with Crippen LogP contribution in [0.2, 0.25) is 15.1 Å². The summed E-state index contributed by atoms with van der Waals surface area (Å²) in [5, 5.41) is 11.8. The second-order valence-corrected chi connectivity index (χ2v) is 9.23. The Balaban J connectivity index is 1.52. The summed E-state index contributed by atoms with van der Waals surface area (Å²) >= 11 is 17.6. The fourth-order valence-electron chi connectivity index (χ4n) is 3.49. The number of aliphatic hydroxyl groups is 1. The van der Waals surface area contributed by atoms with Gasteiger partial charge in [-0.1, -0.05) is 34.8 Å². The van der Waals surface area contributed by atoms with E-state index in [0.717, 1.165) is 0 Å². The smallest absolute Gasteiger partial charge is 0.338 e. The van der Waals surface area contributed by atoms with E-state index in [9.17, 15) is 19.5 Å². The predicted octanol–water partition coefficient (Wildman–Crippen LogP) is 4.97. The molecule has 192 valence electrons. The van der Waals surface area contributed by atoms with Crippen LogP contribution in [0.3, 0.4) is 0 Å². The molecule has 0 saturated carbocycles. The number of hydrogen-bond donors (Lipinski definition) is 1. The van der Waals surface area contributed by atoms with Crippen molar-refractivity contribution in [1.29, 1.82) is 0 Å². The average Bonchev–Trinajstić information content (AvgIpc) is 3.17. The zero-order valence-corrected chi connectivity index (χ0v) is 21.2. The molecule has 0 unspecified atom stereocenters. The van der Waals surface area contributed by atoms with Crippen molar-refractivity contribution in [3.8, 4) is 0 Å². The molecule has 1 heterocycles. The largest absolute Gasteiger partial charge is 0.459 e. The highest BCUT2D eigenvalue weighted by atomic mass is 35.5. The van der Waals surface area contributed by atoms with Gasteiger partial charge in [0.1, 0.15) is 12.7 Å². The van der Waals surface area contributed by atoms with Gasteiger partial charge in [-0.05, 0) is 72.8 Å². The first kappa shape index (κ1) is 26.9. The number of esters is 3. The lowest BCUT2D eigenvalue weighted by atomic mass is 10.1. The van der Waals surface area contributed by atoms with Crippen LogP contribution in [-0.4, -0.2) is 54.2 Å². The van der Waals surface area contributed by atoms with Crippen molar-refractivity contribution in [3.05, 3.63) is 105 Å². The Morgan fingerprint density at radius 3 is 1.46 bits per heavy atom. The zero-order valence-electron chi connectivity index (χ0n) is 18.9. The van der Waals surface area contributed by atoms with Gasteiger partial charge in [0.15, 0.2) is 18.5 Å². The maximum atomic E-state index is 12.8. The van der Waals surface area contributed by atoms with Crippen LogP contribution in [0.4, 0.5) is 0 Å². The van der Waals surface area contributed by atoms with E-state index < -0.39 is 49.1 Å². The topological polar surface area (TPSA) is 108 Å². The predicted molar refractivity (Wildman–Crippen MR) is 134 cm³/mol. The summed E-state index contributed by atoms with van der Waals surface area (Å²) in [5.41, 5.74) is 0.533. The van der Waals surface area contributed by atoms with Crippen molar-refractivity contribution in [2.24, 2.45) is 0 Å². The van der Waals surface area contributed by atoms with Crippen molar-refractivity contribution < 1.29 is 38.4 Å². The van der Waals surface area contributed by atoms with Crippen LogP contribution in [0.15, 0.2) is 72.8 Å². The summed E-state index contributed by atoms with van der Waals surface area (Å²) in [5.74, 6) is -2.30. The van der Waals surface area contributed by atoms with Crippen molar-refractivity contribution in [1.82, 2.24) is 0 Å². The maximum absolute atomic E-state index is 12.8. The van der Waals surface area contributed by atoms with Crippen molar-refractivity contribution in [2.75, 3.05) is 6.61 Å². The summed E-state index contributed by atoms with van der Waals surface area (Å²) in [4.78, 5) is 38.0. The van der Waals surface area contributed by atoms with Crippen LogP contribution >= 0.6 is 34.8 Å². The molecular weight excluding hydrogens is 547 g/mol. The quantitative estimate of drug-likeness (QED) is 0.316. The number of halogens is 3. The molecule has 0 aromatic heterocycles. The van der Waals surface area contributed by atoms with Crippen LogP contribution < -0.4 is 0 Å². The summed E-state index contributed by atoms with van der Waals surface area (Å²) in [6.07, 6.45) is -5.55. The molecule has 1 fully saturated rings. The lowest BCUT2D eigenvalue weighted by molar-refractivity contribution is -0.135. The van der Waals surface area contributed by atoms with Gasteiger partial charge >= 0.3 is 17.9 Å². The normalized spacial score (nSPS) is 20.8. The van der Waals surface area contributed by atoms with E-state index in [-0.39, 0.29) is 16.7 Å². The minimum atomic E-state index is -1.67. The first-order valence-corrected chi connectivity index (χ1v) is 12.0. The Hall–Kier alpha value is -3.14. The van der Waals surface area contributed by atoms with Gasteiger partial charge in [0, 0.05) is 15.1 Å². The fraction of sp³-hybridized carbons (Fsp3) is 0.192. The molecule has 1 aliphatic heterocycles. The standard InChI is InChI=1S/C26H19Cl3O8/c27-17-7-1-14(2-8-17)23(30)34-13-20-21(36-24(31)15-3-9-18(28)10-4-15)22(26(33)35-20)37-25(32)16-5-11-19(29)12-6-16/h1-12,20-22,26,33H,13H2/t20-,21+,22+,26-/m1/s1. The SMILES string of the molecule is O=C(OC[C@H]1O[C@@H](O)[C@@H](OC(=O)c2ccc(Cl)cc2)[C@H]1OC(=O)c1ccc(Cl)cc1)c1ccc(Cl)cc1. The lowest BCUT2D eigenvalue weighted by Crippen LogP contribution is -2.42. The molecule has 37 heavy (non-hydrogen) atoms. The minimum Gasteiger partial charge on any atom is -0.459 e. The lowest BCUT2D eigenvalue weighted by Gasteiger charge is -2.23. The van der Waals surface area contributed by atoms with Gasteiger partial charge in [-0.15, -0.1) is 0 Å². The van der Waals surface area contributed by atoms with Gasteiger partial charge in [-0.2, -0.15) is 0 Å². The number of aliphatic hydroxyl groups excluding tert-OH is 1. The highest BCUT2D eigenvalue weighted by molar-refractivity contribution is 6.31. The van der Waals surface area contributed by atoms with E-state index in [2.05, 4.69) is 0 Å². The average molecular weight is 566 g/mol. The molecule has 3 aromatic carbocycles. The van der Waals surface area contributed by atoms with E-state index in [1.54, 1.807) is 0 Å². The van der Waals surface area contributed by atoms with E-state index in [0.29, 0.717) is 15.1 Å². The first-order chi connectivity index (χ1) is 17.7. The van der Waals surface area contributed by atoms with Gasteiger partial charge in [-0.3, -0.25) is 0 Å². The molecule has 0 spiro atoms. The maximum Gasteiger partial charge on any atom is 0.338 e. The van der Waals surface area contributed by atoms with Crippen molar-refractivity contribution >= 4 is 52.7 Å². The molecule has 0 bridgehead atoms. The molecule has 0 amide bonds. The highest BCUT2D eigenvalue weighted by Crippen LogP contribution is 2.28. The van der Waals surface area contributed by atoms with Crippen molar-refractivity contribution in [2.45, 2.75) is 24.6 Å². The van der Waals surface area contributed by atoms with E-state index in [4.69, 9.17) is 53.8 Å². The van der Waals surface area contributed by atoms with Gasteiger partial charge in [-0.25, -0.2) is 14.4 Å². The van der Waals surface area contributed by atoms with E-state index >= 15 is 0 Å². The minimum absolute atomic E-state index is 0.150. The van der Waals surface area contributed by atoms with Crippen LogP contribution in [0.1, 0.15) is 31.1 Å². The van der Waals surface area contributed by atoms with Crippen LogP contribution in [0.25, 0.3) is 0 Å². The summed E-state index contributed by atoms with van der Waals surface area (Å²) < 4.78 is 21.8. The number of carbonyl (C=O) groups excluding carboxylic acids is 3. The number of carbonyl (C=O) groups is 3. The van der Waals surface area contributed by atoms with Crippen LogP contribution in [0, 0.1) is 0 Å². The Morgan fingerprint density at radius 1 is 0.649 bits per heavy atom. The summed E-state index contributed by atoms with van der Waals surface area (Å²) in [6, 6.07) is 17.8. The van der Waals surface area contributed by atoms with Gasteiger partial charge in [0.25, 0.3) is 0 Å². The number of ether oxygens (including phenoxy) is 4.